The van der Waals surface area contributed by atoms with E-state index in [0.717, 1.165) is 47.8 Å². The van der Waals surface area contributed by atoms with Crippen LogP contribution < -0.4 is 26.6 Å². The summed E-state index contributed by atoms with van der Waals surface area (Å²) in [6.45, 7) is 28.0. The number of hydrogen-bond acceptors (Lipinski definition) is 5. The van der Waals surface area contributed by atoms with E-state index >= 15 is 0 Å². The highest BCUT2D eigenvalue weighted by Gasteiger charge is 2.25. The summed E-state index contributed by atoms with van der Waals surface area (Å²) < 4.78 is 12.5. The van der Waals surface area contributed by atoms with Crippen molar-refractivity contribution in [2.45, 2.75) is 170 Å². The Labute approximate surface area is 262 Å². The van der Waals surface area contributed by atoms with Crippen molar-refractivity contribution in [3.05, 3.63) is 0 Å². The third-order valence-corrected chi connectivity index (χ3v) is 9.79. The maximum absolute atomic E-state index is 12.5. The molecule has 5 saturated heterocycles. The van der Waals surface area contributed by atoms with Crippen LogP contribution >= 0.6 is 0 Å². The van der Waals surface area contributed by atoms with Crippen LogP contribution in [0.2, 0.25) is 0 Å². The van der Waals surface area contributed by atoms with Gasteiger partial charge in [-0.05, 0) is 107 Å². The highest BCUT2D eigenvalue weighted by atomic mass is 19.1. The molecule has 5 aliphatic heterocycles. The molecule has 0 aliphatic carbocycles. The van der Waals surface area contributed by atoms with Gasteiger partial charge in [-0.2, -0.15) is 0 Å². The molecule has 0 radical (unpaired) electrons. The van der Waals surface area contributed by atoms with Gasteiger partial charge in [-0.3, -0.25) is 0 Å². The number of halogens is 1. The zero-order chi connectivity index (χ0) is 31.5. The molecule has 0 aromatic heterocycles. The molecule has 0 saturated carbocycles. The van der Waals surface area contributed by atoms with Gasteiger partial charge in [0.2, 0.25) is 0 Å². The smallest absolute Gasteiger partial charge is 0.114 e. The van der Waals surface area contributed by atoms with Crippen LogP contribution in [0, 0.1) is 29.6 Å². The van der Waals surface area contributed by atoms with Crippen LogP contribution in [0.4, 0.5) is 4.39 Å². The Morgan fingerprint density at radius 2 is 0.738 bits per heavy atom. The van der Waals surface area contributed by atoms with E-state index in [-0.39, 0.29) is 0 Å². The quantitative estimate of drug-likeness (QED) is 0.230. The van der Waals surface area contributed by atoms with Gasteiger partial charge in [-0.15, -0.1) is 0 Å². The molecule has 2 unspecified atom stereocenters. The van der Waals surface area contributed by atoms with Crippen LogP contribution in [0.1, 0.15) is 133 Å². The summed E-state index contributed by atoms with van der Waals surface area (Å²) in [7, 11) is 0. The number of hydrogen-bond donors (Lipinski definition) is 5. The summed E-state index contributed by atoms with van der Waals surface area (Å²) in [5.74, 6) is 3.90. The number of alkyl halides is 1. The number of nitrogens with one attached hydrogen (secondary N) is 5. The Kier molecular flexibility index (Phi) is 21.9. The Morgan fingerprint density at radius 1 is 0.405 bits per heavy atom. The van der Waals surface area contributed by atoms with Crippen molar-refractivity contribution in [3.8, 4) is 0 Å². The molecule has 0 spiro atoms. The van der Waals surface area contributed by atoms with Crippen molar-refractivity contribution >= 4 is 0 Å². The van der Waals surface area contributed by atoms with Crippen molar-refractivity contribution in [1.82, 2.24) is 26.6 Å². The fourth-order valence-corrected chi connectivity index (χ4v) is 6.29. The molecule has 5 nitrogen and oxygen atoms in total. The molecule has 0 aromatic carbocycles. The van der Waals surface area contributed by atoms with Crippen LogP contribution in [0.15, 0.2) is 0 Å². The lowest BCUT2D eigenvalue weighted by molar-refractivity contribution is 0.291. The van der Waals surface area contributed by atoms with Gasteiger partial charge in [-0.1, -0.05) is 82.1 Å². The van der Waals surface area contributed by atoms with Crippen LogP contribution in [0.3, 0.4) is 0 Å². The fraction of sp³-hybridized carbons (Fsp3) is 1.00. The SMILES string of the molecule is CC(C)C1CCCCN1.CC(C)C1CCN1.CC(C)[C@@H]1CCCCN1.CC(C)[C@@H]1CCCN1.CC(C)[C@@H]1C[C@@H](F)CN1. The molecule has 5 rings (SSSR count). The minimum atomic E-state index is -0.600. The zero-order valence-electron chi connectivity index (χ0n) is 29.8. The minimum absolute atomic E-state index is 0.417. The summed E-state index contributed by atoms with van der Waals surface area (Å²) in [6.07, 6.45) is 12.6. The van der Waals surface area contributed by atoms with E-state index in [0.29, 0.717) is 24.9 Å². The summed E-state index contributed by atoms with van der Waals surface area (Å²) in [4.78, 5) is 0. The van der Waals surface area contributed by atoms with Gasteiger partial charge < -0.3 is 26.6 Å². The van der Waals surface area contributed by atoms with Crippen molar-refractivity contribution < 1.29 is 4.39 Å². The molecule has 42 heavy (non-hydrogen) atoms. The highest BCUT2D eigenvalue weighted by molar-refractivity contribution is 4.83. The summed E-state index contributed by atoms with van der Waals surface area (Å²) in [5, 5.41) is 17.0. The fourth-order valence-electron chi connectivity index (χ4n) is 6.29. The van der Waals surface area contributed by atoms with Gasteiger partial charge in [0.25, 0.3) is 0 Å². The van der Waals surface area contributed by atoms with Crippen molar-refractivity contribution in [2.75, 3.05) is 32.7 Å². The molecule has 0 amide bonds. The molecule has 5 fully saturated rings. The van der Waals surface area contributed by atoms with E-state index in [4.69, 9.17) is 0 Å². The number of piperidine rings is 2. The van der Waals surface area contributed by atoms with Gasteiger partial charge in [0.15, 0.2) is 0 Å². The first kappa shape index (κ1) is 39.8. The molecular formula is C36H76FN5. The monoisotopic (exact) mass is 598 g/mol. The third kappa shape index (κ3) is 17.9. The van der Waals surface area contributed by atoms with E-state index in [1.807, 2.05) is 0 Å². The van der Waals surface area contributed by atoms with Crippen LogP contribution in [0.5, 0.6) is 0 Å². The van der Waals surface area contributed by atoms with Crippen LogP contribution in [-0.2, 0) is 0 Å². The summed E-state index contributed by atoms with van der Waals surface area (Å²) >= 11 is 0. The van der Waals surface area contributed by atoms with Crippen molar-refractivity contribution in [2.24, 2.45) is 29.6 Å². The maximum Gasteiger partial charge on any atom is 0.114 e. The van der Waals surface area contributed by atoms with Crippen LogP contribution in [0.25, 0.3) is 0 Å². The zero-order valence-corrected chi connectivity index (χ0v) is 29.8. The first-order valence-electron chi connectivity index (χ1n) is 18.2. The van der Waals surface area contributed by atoms with Gasteiger partial charge in [0.05, 0.1) is 0 Å². The standard InChI is InChI=1S/2C8H17N.C7H14FN.C7H15N.C6H13N/c2*1-7(2)8-5-3-4-6-9-8;1-5(2)7-3-6(8)4-9-7;1-6(2)7-4-3-5-8-7;1-5(2)6-3-4-7-6/h2*7-9H,3-6H2,1-2H3;5-7,9H,3-4H2,1-2H3;6-8H,3-5H2,1-2H3;5-7H,3-4H2,1-2H3/t8-;;6-,7+;7-;/m0.10./s1. The molecule has 6 atom stereocenters. The molecule has 0 bridgehead atoms. The van der Waals surface area contributed by atoms with Crippen molar-refractivity contribution in [1.29, 1.82) is 0 Å². The second-order valence-electron chi connectivity index (χ2n) is 15.2. The van der Waals surface area contributed by atoms with Gasteiger partial charge >= 0.3 is 0 Å². The van der Waals surface area contributed by atoms with Crippen molar-refractivity contribution in [3.63, 3.8) is 0 Å². The topological polar surface area (TPSA) is 60.1 Å². The normalized spacial score (nSPS) is 30.9. The Hall–Kier alpha value is -0.270. The molecule has 252 valence electrons. The number of rotatable bonds is 5. The van der Waals surface area contributed by atoms with E-state index in [2.05, 4.69) is 95.8 Å². The van der Waals surface area contributed by atoms with Crippen LogP contribution in [-0.4, -0.2) is 69.1 Å². The van der Waals surface area contributed by atoms with Gasteiger partial charge in [0.1, 0.15) is 6.17 Å². The molecule has 5 aliphatic rings. The lowest BCUT2D eigenvalue weighted by Crippen LogP contribution is -2.46. The summed E-state index contributed by atoms with van der Waals surface area (Å²) in [5.41, 5.74) is 0. The lowest BCUT2D eigenvalue weighted by atomic mass is 9.95. The Bertz CT molecular complexity index is 570. The average molecular weight is 598 g/mol. The first-order chi connectivity index (χ1) is 19.9. The highest BCUT2D eigenvalue weighted by Crippen LogP contribution is 2.17. The molecule has 6 heteroatoms. The molecule has 5 N–H and O–H groups in total. The predicted molar refractivity (Wildman–Crippen MR) is 184 cm³/mol. The van der Waals surface area contributed by atoms with E-state index in [1.165, 1.54) is 84.0 Å². The van der Waals surface area contributed by atoms with E-state index in [9.17, 15) is 4.39 Å². The summed E-state index contributed by atoms with van der Waals surface area (Å²) in [6, 6.07) is 3.67. The molecule has 0 aromatic rings. The Balaban J connectivity index is 0.000000263. The second kappa shape index (κ2) is 23.1. The average Bonchev–Trinajstić information content (AvgIpc) is 3.63. The van der Waals surface area contributed by atoms with E-state index < -0.39 is 6.17 Å². The first-order valence-corrected chi connectivity index (χ1v) is 18.2. The lowest BCUT2D eigenvalue weighted by Gasteiger charge is -2.30. The van der Waals surface area contributed by atoms with Gasteiger partial charge in [0, 0.05) is 36.8 Å². The molecule has 5 heterocycles. The van der Waals surface area contributed by atoms with E-state index in [1.54, 1.807) is 0 Å². The predicted octanol–water partition coefficient (Wildman–Crippen LogP) is 7.31. The maximum atomic E-state index is 12.5. The largest absolute Gasteiger partial charge is 0.314 e. The molecular weight excluding hydrogens is 521 g/mol. The van der Waals surface area contributed by atoms with Gasteiger partial charge in [-0.25, -0.2) is 4.39 Å². The Morgan fingerprint density at radius 3 is 0.905 bits per heavy atom. The minimum Gasteiger partial charge on any atom is -0.314 e. The second-order valence-corrected chi connectivity index (χ2v) is 15.2. The third-order valence-electron chi connectivity index (χ3n) is 9.79.